The standard InChI is InChI=1S/C22H26FN3O/c1-25(2)22(17-8-4-3-5-9-17)14-12-21(13-15-22)16-26(20(27)24-21)19-11-7-6-10-18(19)23/h3-11H,12-16H2,1-2H3,(H,24,27). The molecule has 0 bridgehead atoms. The molecule has 0 atom stereocenters. The second kappa shape index (κ2) is 6.64. The van der Waals surface area contributed by atoms with Gasteiger partial charge in [0.05, 0.1) is 17.8 Å². The van der Waals surface area contributed by atoms with E-state index in [1.165, 1.54) is 11.6 Å². The van der Waals surface area contributed by atoms with Crippen molar-refractivity contribution in [2.75, 3.05) is 25.5 Å². The number of carbonyl (C=O) groups excluding carboxylic acids is 1. The molecule has 0 aromatic heterocycles. The van der Waals surface area contributed by atoms with E-state index in [0.717, 1.165) is 25.7 Å². The fourth-order valence-electron chi connectivity index (χ4n) is 4.74. The van der Waals surface area contributed by atoms with Crippen molar-refractivity contribution >= 4 is 11.7 Å². The predicted molar refractivity (Wildman–Crippen MR) is 105 cm³/mol. The second-order valence-electron chi connectivity index (χ2n) is 8.04. The van der Waals surface area contributed by atoms with Gasteiger partial charge in [-0.2, -0.15) is 0 Å². The number of urea groups is 1. The van der Waals surface area contributed by atoms with E-state index < -0.39 is 0 Å². The van der Waals surface area contributed by atoms with Gasteiger partial charge in [0.25, 0.3) is 0 Å². The van der Waals surface area contributed by atoms with Gasteiger partial charge >= 0.3 is 6.03 Å². The van der Waals surface area contributed by atoms with Crippen molar-refractivity contribution in [3.8, 4) is 0 Å². The highest BCUT2D eigenvalue weighted by atomic mass is 19.1. The molecule has 1 saturated heterocycles. The number of anilines is 1. The Balaban J connectivity index is 1.57. The third-order valence-electron chi connectivity index (χ3n) is 6.42. The Kier molecular flexibility index (Phi) is 4.42. The zero-order valence-corrected chi connectivity index (χ0v) is 15.9. The van der Waals surface area contributed by atoms with Gasteiger partial charge in [0.1, 0.15) is 5.82 Å². The van der Waals surface area contributed by atoms with Crippen LogP contribution < -0.4 is 10.2 Å². The summed E-state index contributed by atoms with van der Waals surface area (Å²) in [6.07, 6.45) is 3.65. The molecular weight excluding hydrogens is 341 g/mol. The summed E-state index contributed by atoms with van der Waals surface area (Å²) >= 11 is 0. The van der Waals surface area contributed by atoms with Crippen LogP contribution in [0.4, 0.5) is 14.9 Å². The molecule has 1 aliphatic carbocycles. The molecular formula is C22H26FN3O. The van der Waals surface area contributed by atoms with Crippen molar-refractivity contribution in [3.63, 3.8) is 0 Å². The molecule has 2 aromatic carbocycles. The number of nitrogens with zero attached hydrogens (tertiary/aromatic N) is 2. The number of rotatable bonds is 3. The zero-order valence-electron chi connectivity index (χ0n) is 15.9. The number of hydrogen-bond acceptors (Lipinski definition) is 2. The van der Waals surface area contributed by atoms with E-state index >= 15 is 0 Å². The molecule has 1 spiro atoms. The second-order valence-corrected chi connectivity index (χ2v) is 8.04. The van der Waals surface area contributed by atoms with E-state index in [1.807, 2.05) is 6.07 Å². The molecule has 2 aliphatic rings. The number of carbonyl (C=O) groups is 1. The van der Waals surface area contributed by atoms with Gasteiger partial charge in [-0.15, -0.1) is 0 Å². The molecule has 2 aromatic rings. The number of halogens is 1. The highest BCUT2D eigenvalue weighted by Crippen LogP contribution is 2.46. The van der Waals surface area contributed by atoms with Crippen molar-refractivity contribution in [1.82, 2.24) is 10.2 Å². The molecule has 1 saturated carbocycles. The average Bonchev–Trinajstić information content (AvgIpc) is 2.99. The van der Waals surface area contributed by atoms with Gasteiger partial charge in [-0.25, -0.2) is 9.18 Å². The van der Waals surface area contributed by atoms with E-state index in [-0.39, 0.29) is 22.9 Å². The first-order chi connectivity index (χ1) is 13.0. The van der Waals surface area contributed by atoms with Gasteiger partial charge < -0.3 is 5.32 Å². The van der Waals surface area contributed by atoms with Gasteiger partial charge in [-0.1, -0.05) is 42.5 Å². The van der Waals surface area contributed by atoms with E-state index in [1.54, 1.807) is 23.1 Å². The number of para-hydroxylation sites is 1. The van der Waals surface area contributed by atoms with Crippen LogP contribution in [0.5, 0.6) is 0 Å². The van der Waals surface area contributed by atoms with Crippen molar-refractivity contribution in [2.45, 2.75) is 36.8 Å². The summed E-state index contributed by atoms with van der Waals surface area (Å²) in [6, 6.07) is 16.9. The van der Waals surface area contributed by atoms with Crippen LogP contribution in [0, 0.1) is 5.82 Å². The minimum atomic E-state index is -0.354. The summed E-state index contributed by atoms with van der Waals surface area (Å²) < 4.78 is 14.2. The maximum absolute atomic E-state index is 14.2. The van der Waals surface area contributed by atoms with Crippen LogP contribution in [0.3, 0.4) is 0 Å². The molecule has 142 valence electrons. The van der Waals surface area contributed by atoms with Crippen LogP contribution in [0.2, 0.25) is 0 Å². The Morgan fingerprint density at radius 3 is 2.22 bits per heavy atom. The van der Waals surface area contributed by atoms with Crippen LogP contribution in [0.25, 0.3) is 0 Å². The normalized spacial score (nSPS) is 28.0. The summed E-state index contributed by atoms with van der Waals surface area (Å²) in [4.78, 5) is 16.5. The number of benzene rings is 2. The third kappa shape index (κ3) is 3.00. The quantitative estimate of drug-likeness (QED) is 0.886. The summed E-state index contributed by atoms with van der Waals surface area (Å²) in [5.74, 6) is -0.354. The fraction of sp³-hybridized carbons (Fsp3) is 0.409. The molecule has 1 aliphatic heterocycles. The molecule has 0 radical (unpaired) electrons. The monoisotopic (exact) mass is 367 g/mol. The third-order valence-corrected chi connectivity index (χ3v) is 6.42. The lowest BCUT2D eigenvalue weighted by atomic mass is 9.69. The van der Waals surface area contributed by atoms with E-state index in [9.17, 15) is 9.18 Å². The largest absolute Gasteiger partial charge is 0.330 e. The minimum absolute atomic E-state index is 0.0251. The molecule has 2 fully saturated rings. The van der Waals surface area contributed by atoms with Gasteiger partial charge in [-0.05, 0) is 57.5 Å². The molecule has 27 heavy (non-hydrogen) atoms. The van der Waals surface area contributed by atoms with Crippen molar-refractivity contribution in [3.05, 3.63) is 66.0 Å². The lowest BCUT2D eigenvalue weighted by Crippen LogP contribution is -2.54. The van der Waals surface area contributed by atoms with Gasteiger partial charge in [0, 0.05) is 5.54 Å². The van der Waals surface area contributed by atoms with E-state index in [0.29, 0.717) is 12.2 Å². The smallest absolute Gasteiger partial charge is 0.322 e. The summed E-state index contributed by atoms with van der Waals surface area (Å²) in [6.45, 7) is 0.519. The summed E-state index contributed by atoms with van der Waals surface area (Å²) in [5, 5.41) is 3.17. The van der Waals surface area contributed by atoms with Crippen LogP contribution in [0.15, 0.2) is 54.6 Å². The van der Waals surface area contributed by atoms with Crippen LogP contribution in [-0.2, 0) is 5.54 Å². The number of amides is 2. The lowest BCUT2D eigenvalue weighted by molar-refractivity contribution is 0.0657. The maximum atomic E-state index is 14.2. The zero-order chi connectivity index (χ0) is 19.1. The molecule has 1 N–H and O–H groups in total. The molecule has 5 heteroatoms. The van der Waals surface area contributed by atoms with Gasteiger partial charge in [-0.3, -0.25) is 9.80 Å². The topological polar surface area (TPSA) is 35.6 Å². The Morgan fingerprint density at radius 1 is 0.963 bits per heavy atom. The van der Waals surface area contributed by atoms with Crippen LogP contribution >= 0.6 is 0 Å². The molecule has 4 rings (SSSR count). The van der Waals surface area contributed by atoms with E-state index in [4.69, 9.17) is 0 Å². The van der Waals surface area contributed by atoms with Crippen LogP contribution in [0.1, 0.15) is 31.2 Å². The van der Waals surface area contributed by atoms with Crippen molar-refractivity contribution in [2.24, 2.45) is 0 Å². The SMILES string of the molecule is CN(C)C1(c2ccccc2)CCC2(CC1)CN(c1ccccc1F)C(=O)N2. The molecule has 0 unspecified atom stereocenters. The first kappa shape index (κ1) is 18.0. The maximum Gasteiger partial charge on any atom is 0.322 e. The average molecular weight is 367 g/mol. The number of hydrogen-bond donors (Lipinski definition) is 1. The lowest BCUT2D eigenvalue weighted by Gasteiger charge is -2.48. The fourth-order valence-corrected chi connectivity index (χ4v) is 4.74. The summed E-state index contributed by atoms with van der Waals surface area (Å²) in [5.41, 5.74) is 1.37. The van der Waals surface area contributed by atoms with Crippen molar-refractivity contribution in [1.29, 1.82) is 0 Å². The van der Waals surface area contributed by atoms with E-state index in [2.05, 4.69) is 48.6 Å². The molecule has 4 nitrogen and oxygen atoms in total. The highest BCUT2D eigenvalue weighted by Gasteiger charge is 2.50. The predicted octanol–water partition coefficient (Wildman–Crippen LogP) is 4.13. The Labute approximate surface area is 160 Å². The molecule has 2 amide bonds. The first-order valence-electron chi connectivity index (χ1n) is 9.53. The van der Waals surface area contributed by atoms with Gasteiger partial charge in [0.15, 0.2) is 0 Å². The van der Waals surface area contributed by atoms with Crippen molar-refractivity contribution < 1.29 is 9.18 Å². The number of nitrogens with one attached hydrogen (secondary N) is 1. The van der Waals surface area contributed by atoms with Crippen LogP contribution in [-0.4, -0.2) is 37.1 Å². The Morgan fingerprint density at radius 2 is 1.59 bits per heavy atom. The minimum Gasteiger partial charge on any atom is -0.330 e. The first-order valence-corrected chi connectivity index (χ1v) is 9.53. The Bertz CT molecular complexity index is 828. The highest BCUT2D eigenvalue weighted by molar-refractivity contribution is 5.95. The summed E-state index contributed by atoms with van der Waals surface area (Å²) in [7, 11) is 4.26. The molecule has 1 heterocycles. The Hall–Kier alpha value is -2.40. The van der Waals surface area contributed by atoms with Gasteiger partial charge in [0.2, 0.25) is 0 Å².